The van der Waals surface area contributed by atoms with E-state index in [-0.39, 0.29) is 0 Å². The number of aromatic nitrogens is 3. The fraction of sp³-hybridized carbons (Fsp3) is 0.438. The van der Waals surface area contributed by atoms with Gasteiger partial charge < -0.3 is 0 Å². The summed E-state index contributed by atoms with van der Waals surface area (Å²) in [7, 11) is 0. The highest BCUT2D eigenvalue weighted by Gasteiger charge is 2.18. The van der Waals surface area contributed by atoms with Gasteiger partial charge >= 0.3 is 0 Å². The second-order valence-corrected chi connectivity index (χ2v) is 5.42. The van der Waals surface area contributed by atoms with Crippen molar-refractivity contribution in [3.05, 3.63) is 42.5 Å². The van der Waals surface area contributed by atoms with E-state index >= 15 is 0 Å². The maximum absolute atomic E-state index is 4.69. The molecular weight excluding hydrogens is 248 g/mol. The molecule has 0 aromatic carbocycles. The highest BCUT2D eigenvalue weighted by atomic mass is 15.2. The molecule has 20 heavy (non-hydrogen) atoms. The van der Waals surface area contributed by atoms with Crippen LogP contribution in [0, 0.1) is 0 Å². The van der Waals surface area contributed by atoms with Gasteiger partial charge in [0.15, 0.2) is 5.82 Å². The summed E-state index contributed by atoms with van der Waals surface area (Å²) in [6, 6.07) is 6.57. The summed E-state index contributed by atoms with van der Waals surface area (Å²) in [6.07, 6.45) is 9.35. The van der Waals surface area contributed by atoms with Crippen molar-refractivity contribution >= 4 is 0 Å². The van der Waals surface area contributed by atoms with Gasteiger partial charge in [-0.2, -0.15) is 0 Å². The minimum atomic E-state index is 0.656. The molecule has 3 rings (SSSR count). The van der Waals surface area contributed by atoms with Crippen molar-refractivity contribution in [1.29, 1.82) is 0 Å². The quantitative estimate of drug-likeness (QED) is 0.858. The predicted octanol–water partition coefficient (Wildman–Crippen LogP) is 2.91. The van der Waals surface area contributed by atoms with E-state index in [1.54, 1.807) is 12.4 Å². The molecule has 0 bridgehead atoms. The molecule has 104 valence electrons. The Morgan fingerprint density at radius 2 is 2.00 bits per heavy atom. The Morgan fingerprint density at radius 1 is 1.15 bits per heavy atom. The Bertz CT molecular complexity index is 555. The number of piperidine rings is 1. The molecule has 0 aliphatic carbocycles. The Hall–Kier alpha value is -1.81. The fourth-order valence-corrected chi connectivity index (χ4v) is 2.72. The Labute approximate surface area is 119 Å². The summed E-state index contributed by atoms with van der Waals surface area (Å²) in [4.78, 5) is 15.6. The van der Waals surface area contributed by atoms with E-state index in [2.05, 4.69) is 21.8 Å². The van der Waals surface area contributed by atoms with E-state index in [4.69, 9.17) is 4.98 Å². The van der Waals surface area contributed by atoms with Crippen LogP contribution in [0.3, 0.4) is 0 Å². The van der Waals surface area contributed by atoms with Crippen LogP contribution in [0.1, 0.15) is 31.9 Å². The average Bonchev–Trinajstić information content (AvgIpc) is 2.51. The van der Waals surface area contributed by atoms with Crippen LogP contribution in [-0.4, -0.2) is 32.4 Å². The number of hydrogen-bond donors (Lipinski definition) is 0. The number of hydrogen-bond acceptors (Lipinski definition) is 4. The third kappa shape index (κ3) is 3.02. The lowest BCUT2D eigenvalue weighted by Gasteiger charge is -2.32. The van der Waals surface area contributed by atoms with E-state index in [1.807, 2.05) is 24.4 Å². The van der Waals surface area contributed by atoms with Crippen LogP contribution in [0.2, 0.25) is 0 Å². The molecule has 1 saturated heterocycles. The summed E-state index contributed by atoms with van der Waals surface area (Å²) in [5.41, 5.74) is 2.12. The average molecular weight is 268 g/mol. The molecule has 2 aromatic heterocycles. The first-order chi connectivity index (χ1) is 9.83. The molecule has 3 heterocycles. The van der Waals surface area contributed by atoms with Crippen LogP contribution in [0.25, 0.3) is 11.4 Å². The van der Waals surface area contributed by atoms with Crippen molar-refractivity contribution in [2.24, 2.45) is 0 Å². The van der Waals surface area contributed by atoms with E-state index < -0.39 is 0 Å². The first kappa shape index (κ1) is 13.2. The summed E-state index contributed by atoms with van der Waals surface area (Å²) in [5, 5.41) is 0. The zero-order valence-corrected chi connectivity index (χ0v) is 11.9. The smallest absolute Gasteiger partial charge is 0.159 e. The van der Waals surface area contributed by atoms with Gasteiger partial charge in [-0.25, -0.2) is 9.97 Å². The first-order valence-corrected chi connectivity index (χ1v) is 7.29. The summed E-state index contributed by atoms with van der Waals surface area (Å²) < 4.78 is 0. The minimum absolute atomic E-state index is 0.656. The number of nitrogens with zero attached hydrogens (tertiary/aromatic N) is 4. The van der Waals surface area contributed by atoms with Crippen LogP contribution in [0.5, 0.6) is 0 Å². The van der Waals surface area contributed by atoms with Crippen molar-refractivity contribution in [3.63, 3.8) is 0 Å². The molecule has 1 atom stereocenters. The largest absolute Gasteiger partial charge is 0.295 e. The van der Waals surface area contributed by atoms with E-state index in [0.717, 1.165) is 23.6 Å². The monoisotopic (exact) mass is 268 g/mol. The van der Waals surface area contributed by atoms with Gasteiger partial charge in [-0.05, 0) is 44.5 Å². The molecular formula is C16H20N4. The molecule has 0 saturated carbocycles. The minimum Gasteiger partial charge on any atom is -0.295 e. The molecule has 4 nitrogen and oxygen atoms in total. The molecule has 0 spiro atoms. The van der Waals surface area contributed by atoms with Crippen molar-refractivity contribution in [2.45, 2.75) is 38.8 Å². The topological polar surface area (TPSA) is 41.9 Å². The van der Waals surface area contributed by atoms with Crippen molar-refractivity contribution in [1.82, 2.24) is 19.9 Å². The third-order valence-corrected chi connectivity index (χ3v) is 3.96. The summed E-state index contributed by atoms with van der Waals surface area (Å²) in [5.74, 6) is 0.787. The molecule has 1 aliphatic rings. The van der Waals surface area contributed by atoms with Gasteiger partial charge in [-0.15, -0.1) is 0 Å². The second-order valence-electron chi connectivity index (χ2n) is 5.42. The zero-order chi connectivity index (χ0) is 13.8. The van der Waals surface area contributed by atoms with Crippen molar-refractivity contribution < 1.29 is 0 Å². The molecule has 1 aliphatic heterocycles. The van der Waals surface area contributed by atoms with Crippen molar-refractivity contribution in [2.75, 3.05) is 6.54 Å². The molecule has 0 radical (unpaired) electrons. The number of rotatable bonds is 3. The van der Waals surface area contributed by atoms with Crippen LogP contribution in [-0.2, 0) is 6.54 Å². The maximum Gasteiger partial charge on any atom is 0.159 e. The standard InChI is InChI=1S/C16H20N4/c1-13-4-2-3-11-20(13)12-15-7-10-18-16(19-15)14-5-8-17-9-6-14/h5-10,13H,2-4,11-12H2,1H3. The number of pyridine rings is 1. The van der Waals surface area contributed by atoms with Gasteiger partial charge in [-0.3, -0.25) is 9.88 Å². The van der Waals surface area contributed by atoms with Crippen molar-refractivity contribution in [3.8, 4) is 11.4 Å². The van der Waals surface area contributed by atoms with E-state index in [9.17, 15) is 0 Å². The van der Waals surface area contributed by atoms with Crippen LogP contribution >= 0.6 is 0 Å². The zero-order valence-electron chi connectivity index (χ0n) is 11.9. The van der Waals surface area contributed by atoms with Gasteiger partial charge in [0.05, 0.1) is 5.69 Å². The number of likely N-dealkylation sites (tertiary alicyclic amines) is 1. The lowest BCUT2D eigenvalue weighted by Crippen LogP contribution is -2.37. The van der Waals surface area contributed by atoms with Crippen LogP contribution < -0.4 is 0 Å². The lowest BCUT2D eigenvalue weighted by molar-refractivity contribution is 0.151. The molecule has 0 N–H and O–H groups in total. The van der Waals surface area contributed by atoms with Gasteiger partial charge in [0.2, 0.25) is 0 Å². The molecule has 2 aromatic rings. The molecule has 1 unspecified atom stereocenters. The Balaban J connectivity index is 1.78. The Kier molecular flexibility index (Phi) is 4.02. The van der Waals surface area contributed by atoms with E-state index in [1.165, 1.54) is 25.8 Å². The molecule has 4 heteroatoms. The van der Waals surface area contributed by atoms with Crippen LogP contribution in [0.4, 0.5) is 0 Å². The molecule has 0 amide bonds. The van der Waals surface area contributed by atoms with Gasteiger partial charge in [0, 0.05) is 36.7 Å². The normalized spacial score (nSPS) is 19.9. The first-order valence-electron chi connectivity index (χ1n) is 7.29. The SMILES string of the molecule is CC1CCCCN1Cc1ccnc(-c2ccncc2)n1. The fourth-order valence-electron chi connectivity index (χ4n) is 2.72. The predicted molar refractivity (Wildman–Crippen MR) is 79.0 cm³/mol. The van der Waals surface area contributed by atoms with Gasteiger partial charge in [0.1, 0.15) is 0 Å². The highest BCUT2D eigenvalue weighted by molar-refractivity contribution is 5.53. The molecule has 1 fully saturated rings. The summed E-state index contributed by atoms with van der Waals surface area (Å²) >= 11 is 0. The maximum atomic E-state index is 4.69. The van der Waals surface area contributed by atoms with E-state index in [0.29, 0.717) is 6.04 Å². The van der Waals surface area contributed by atoms with Gasteiger partial charge in [0.25, 0.3) is 0 Å². The second kappa shape index (κ2) is 6.09. The Morgan fingerprint density at radius 3 is 2.80 bits per heavy atom. The third-order valence-electron chi connectivity index (χ3n) is 3.96. The van der Waals surface area contributed by atoms with Gasteiger partial charge in [-0.1, -0.05) is 6.42 Å². The van der Waals surface area contributed by atoms with Crippen LogP contribution in [0.15, 0.2) is 36.8 Å². The lowest BCUT2D eigenvalue weighted by atomic mass is 10.0. The summed E-state index contributed by atoms with van der Waals surface area (Å²) in [6.45, 7) is 4.40. The highest BCUT2D eigenvalue weighted by Crippen LogP contribution is 2.19.